The number of hydrogen-bond donors (Lipinski definition) is 1. The Labute approximate surface area is 97.2 Å². The Balaban J connectivity index is 1.66. The van der Waals surface area contributed by atoms with Gasteiger partial charge >= 0.3 is 0 Å². The second-order valence-corrected chi connectivity index (χ2v) is 4.46. The fraction of sp³-hybridized carbons (Fsp3) is 0.615. The van der Waals surface area contributed by atoms with Gasteiger partial charge in [-0.1, -0.05) is 6.07 Å². The molecule has 1 atom stereocenters. The summed E-state index contributed by atoms with van der Waals surface area (Å²) in [4.78, 5) is 4.36. The molecule has 3 heteroatoms. The first kappa shape index (κ1) is 11.6. The third-order valence-corrected chi connectivity index (χ3v) is 3.16. The van der Waals surface area contributed by atoms with Crippen LogP contribution in [0.5, 0.6) is 0 Å². The highest BCUT2D eigenvalue weighted by Crippen LogP contribution is 2.15. The summed E-state index contributed by atoms with van der Waals surface area (Å²) in [7, 11) is 0. The molecule has 1 aliphatic heterocycles. The normalized spacial score (nSPS) is 20.2. The minimum Gasteiger partial charge on any atom is -0.381 e. The van der Waals surface area contributed by atoms with E-state index in [4.69, 9.17) is 4.74 Å². The summed E-state index contributed by atoms with van der Waals surface area (Å²) < 4.78 is 5.35. The summed E-state index contributed by atoms with van der Waals surface area (Å²) >= 11 is 0. The van der Waals surface area contributed by atoms with Crippen LogP contribution in [0.15, 0.2) is 18.3 Å². The van der Waals surface area contributed by atoms with Crippen molar-refractivity contribution in [3.63, 3.8) is 0 Å². The van der Waals surface area contributed by atoms with Gasteiger partial charge in [0.2, 0.25) is 0 Å². The van der Waals surface area contributed by atoms with Gasteiger partial charge in [-0.05, 0) is 43.9 Å². The third kappa shape index (κ3) is 3.29. The van der Waals surface area contributed by atoms with Crippen molar-refractivity contribution in [2.24, 2.45) is 5.92 Å². The summed E-state index contributed by atoms with van der Waals surface area (Å²) in [6.07, 6.45) is 4.30. The topological polar surface area (TPSA) is 34.2 Å². The van der Waals surface area contributed by atoms with Crippen molar-refractivity contribution in [1.29, 1.82) is 0 Å². The number of aromatic nitrogens is 1. The van der Waals surface area contributed by atoms with Crippen LogP contribution < -0.4 is 5.32 Å². The molecule has 2 heterocycles. The van der Waals surface area contributed by atoms with Crippen LogP contribution in [-0.2, 0) is 11.3 Å². The number of hydrogen-bond acceptors (Lipinski definition) is 3. The van der Waals surface area contributed by atoms with Gasteiger partial charge in [0.25, 0.3) is 0 Å². The molecule has 1 N–H and O–H groups in total. The fourth-order valence-corrected chi connectivity index (χ4v) is 2.03. The minimum atomic E-state index is 0.761. The van der Waals surface area contributed by atoms with Gasteiger partial charge in [-0.25, -0.2) is 0 Å². The van der Waals surface area contributed by atoms with Crippen LogP contribution in [0.1, 0.15) is 24.1 Å². The van der Waals surface area contributed by atoms with Gasteiger partial charge in [-0.15, -0.1) is 0 Å². The molecule has 0 amide bonds. The van der Waals surface area contributed by atoms with Crippen molar-refractivity contribution in [3.8, 4) is 0 Å². The predicted octanol–water partition coefficient (Wildman–Crippen LogP) is 1.91. The standard InChI is InChI=1S/C13H20N2O/c1-11-3-2-6-15-13(11)9-14-7-4-12-5-8-16-10-12/h2-3,6,12,14H,4-5,7-10H2,1H3. The molecule has 1 aliphatic rings. The Morgan fingerprint density at radius 3 is 3.25 bits per heavy atom. The van der Waals surface area contributed by atoms with E-state index in [-0.39, 0.29) is 0 Å². The first-order valence-electron chi connectivity index (χ1n) is 6.05. The van der Waals surface area contributed by atoms with E-state index in [1.807, 2.05) is 12.3 Å². The molecule has 16 heavy (non-hydrogen) atoms. The van der Waals surface area contributed by atoms with E-state index in [2.05, 4.69) is 23.3 Å². The van der Waals surface area contributed by atoms with Crippen molar-refractivity contribution >= 4 is 0 Å². The zero-order valence-electron chi connectivity index (χ0n) is 9.91. The highest BCUT2D eigenvalue weighted by Gasteiger charge is 2.14. The number of pyridine rings is 1. The molecular weight excluding hydrogens is 200 g/mol. The van der Waals surface area contributed by atoms with E-state index in [1.165, 1.54) is 18.4 Å². The number of aryl methyl sites for hydroxylation is 1. The van der Waals surface area contributed by atoms with Gasteiger partial charge < -0.3 is 10.1 Å². The van der Waals surface area contributed by atoms with Crippen LogP contribution in [-0.4, -0.2) is 24.7 Å². The first-order chi connectivity index (χ1) is 7.86. The average molecular weight is 220 g/mol. The van der Waals surface area contributed by atoms with Crippen LogP contribution in [0.2, 0.25) is 0 Å². The highest BCUT2D eigenvalue weighted by molar-refractivity contribution is 5.17. The van der Waals surface area contributed by atoms with E-state index in [9.17, 15) is 0 Å². The molecule has 88 valence electrons. The molecule has 1 fully saturated rings. The quantitative estimate of drug-likeness (QED) is 0.770. The average Bonchev–Trinajstić information content (AvgIpc) is 2.79. The van der Waals surface area contributed by atoms with Crippen molar-refractivity contribution in [2.75, 3.05) is 19.8 Å². The number of nitrogens with one attached hydrogen (secondary N) is 1. The van der Waals surface area contributed by atoms with Crippen molar-refractivity contribution in [3.05, 3.63) is 29.6 Å². The molecule has 1 saturated heterocycles. The number of ether oxygens (including phenoxy) is 1. The second kappa shape index (κ2) is 5.97. The summed E-state index contributed by atoms with van der Waals surface area (Å²) in [5.41, 5.74) is 2.42. The van der Waals surface area contributed by atoms with Gasteiger partial charge in [0.1, 0.15) is 0 Å². The van der Waals surface area contributed by atoms with Crippen LogP contribution >= 0.6 is 0 Å². The van der Waals surface area contributed by atoms with Crippen LogP contribution in [0, 0.1) is 12.8 Å². The van der Waals surface area contributed by atoms with Gasteiger partial charge in [-0.2, -0.15) is 0 Å². The number of rotatable bonds is 5. The Morgan fingerprint density at radius 1 is 1.56 bits per heavy atom. The van der Waals surface area contributed by atoms with Crippen molar-refractivity contribution in [1.82, 2.24) is 10.3 Å². The molecule has 1 aromatic heterocycles. The van der Waals surface area contributed by atoms with Gasteiger partial charge in [-0.3, -0.25) is 4.98 Å². The maximum Gasteiger partial charge on any atom is 0.0570 e. The smallest absolute Gasteiger partial charge is 0.0570 e. The first-order valence-corrected chi connectivity index (χ1v) is 6.05. The Morgan fingerprint density at radius 2 is 2.50 bits per heavy atom. The molecule has 1 aromatic rings. The Kier molecular flexibility index (Phi) is 4.31. The summed E-state index contributed by atoms with van der Waals surface area (Å²) in [6.45, 7) is 5.94. The maximum atomic E-state index is 5.35. The predicted molar refractivity (Wildman–Crippen MR) is 64.2 cm³/mol. The largest absolute Gasteiger partial charge is 0.381 e. The van der Waals surface area contributed by atoms with Gasteiger partial charge in [0.15, 0.2) is 0 Å². The Hall–Kier alpha value is -0.930. The summed E-state index contributed by atoms with van der Waals surface area (Å²) in [5, 5.41) is 3.45. The lowest BCUT2D eigenvalue weighted by molar-refractivity contribution is 0.184. The van der Waals surface area contributed by atoms with Crippen molar-refractivity contribution < 1.29 is 4.74 Å². The van der Waals surface area contributed by atoms with Crippen molar-refractivity contribution in [2.45, 2.75) is 26.3 Å². The Bertz CT molecular complexity index is 321. The zero-order valence-corrected chi connectivity index (χ0v) is 9.91. The van der Waals surface area contributed by atoms with Crippen LogP contribution in [0.3, 0.4) is 0 Å². The van der Waals surface area contributed by atoms with E-state index >= 15 is 0 Å². The van der Waals surface area contributed by atoms with E-state index in [1.54, 1.807) is 0 Å². The summed E-state index contributed by atoms with van der Waals surface area (Å²) in [5.74, 6) is 0.761. The molecule has 0 radical (unpaired) electrons. The van der Waals surface area contributed by atoms with Gasteiger partial charge in [0.05, 0.1) is 5.69 Å². The zero-order chi connectivity index (χ0) is 11.2. The lowest BCUT2D eigenvalue weighted by Crippen LogP contribution is -2.19. The molecule has 0 saturated carbocycles. The molecule has 1 unspecified atom stereocenters. The van der Waals surface area contributed by atoms with E-state index < -0.39 is 0 Å². The molecule has 3 nitrogen and oxygen atoms in total. The van der Waals surface area contributed by atoms with E-state index in [0.29, 0.717) is 0 Å². The monoisotopic (exact) mass is 220 g/mol. The highest BCUT2D eigenvalue weighted by atomic mass is 16.5. The second-order valence-electron chi connectivity index (χ2n) is 4.46. The molecule has 0 aromatic carbocycles. The van der Waals surface area contributed by atoms with E-state index in [0.717, 1.165) is 37.9 Å². The van der Waals surface area contributed by atoms with Crippen LogP contribution in [0.25, 0.3) is 0 Å². The minimum absolute atomic E-state index is 0.761. The molecular formula is C13H20N2O. The lowest BCUT2D eigenvalue weighted by atomic mass is 10.1. The van der Waals surface area contributed by atoms with Crippen LogP contribution in [0.4, 0.5) is 0 Å². The fourth-order valence-electron chi connectivity index (χ4n) is 2.03. The summed E-state index contributed by atoms with van der Waals surface area (Å²) in [6, 6.07) is 4.09. The number of nitrogens with zero attached hydrogens (tertiary/aromatic N) is 1. The lowest BCUT2D eigenvalue weighted by Gasteiger charge is -2.09. The molecule has 0 aliphatic carbocycles. The van der Waals surface area contributed by atoms with Gasteiger partial charge in [0, 0.05) is 26.0 Å². The molecule has 2 rings (SSSR count). The molecule has 0 bridgehead atoms. The SMILES string of the molecule is Cc1cccnc1CNCCC1CCOC1. The third-order valence-electron chi connectivity index (χ3n) is 3.16. The molecule has 0 spiro atoms. The maximum absolute atomic E-state index is 5.35.